The number of fused-ring (bicyclic) bond motifs is 1. The summed E-state index contributed by atoms with van der Waals surface area (Å²) in [5, 5.41) is 9.00. The van der Waals surface area contributed by atoms with Crippen LogP contribution in [0, 0.1) is 0 Å². The molecule has 2 aromatic heterocycles. The molecule has 0 bridgehead atoms. The van der Waals surface area contributed by atoms with Crippen LogP contribution in [0.1, 0.15) is 83.3 Å². The van der Waals surface area contributed by atoms with Gasteiger partial charge in [-0.2, -0.15) is 5.10 Å². The van der Waals surface area contributed by atoms with Gasteiger partial charge in [-0.3, -0.25) is 11.5 Å². The summed E-state index contributed by atoms with van der Waals surface area (Å²) in [7, 11) is 0. The highest BCUT2D eigenvalue weighted by Gasteiger charge is 2.46. The number of hydrogen-bond donors (Lipinski definition) is 3. The van der Waals surface area contributed by atoms with Crippen LogP contribution in [0.2, 0.25) is 0 Å². The van der Waals surface area contributed by atoms with Crippen molar-refractivity contribution >= 4 is 11.6 Å². The van der Waals surface area contributed by atoms with Crippen molar-refractivity contribution in [1.82, 2.24) is 19.7 Å². The van der Waals surface area contributed by atoms with Crippen LogP contribution >= 0.6 is 0 Å². The average Bonchev–Trinajstić information content (AvgIpc) is 3.78. The maximum absolute atomic E-state index is 7.23. The van der Waals surface area contributed by atoms with E-state index in [0.29, 0.717) is 18.1 Å². The molecule has 1 aromatic carbocycles. The van der Waals surface area contributed by atoms with E-state index in [1.165, 1.54) is 51.4 Å². The van der Waals surface area contributed by atoms with Crippen molar-refractivity contribution in [1.29, 1.82) is 0 Å². The molecule has 0 saturated heterocycles. The number of hydrogen-bond acceptors (Lipinski definition) is 7. The Morgan fingerprint density at radius 1 is 0.744 bits per heavy atom. The largest absolute Gasteiger partial charge is 0.367 e. The molecule has 7 rings (SSSR count). The average molecular weight is 527 g/mol. The van der Waals surface area contributed by atoms with Gasteiger partial charge in [-0.15, -0.1) is 0 Å². The van der Waals surface area contributed by atoms with Crippen LogP contribution in [0.3, 0.4) is 0 Å². The van der Waals surface area contributed by atoms with Crippen molar-refractivity contribution in [3.05, 3.63) is 48.7 Å². The Morgan fingerprint density at radius 2 is 1.41 bits per heavy atom. The van der Waals surface area contributed by atoms with E-state index in [1.807, 2.05) is 6.20 Å². The number of benzene rings is 1. The maximum Gasteiger partial charge on any atom is 0.160 e. The summed E-state index contributed by atoms with van der Waals surface area (Å²) in [5.74, 6) is 2.00. The van der Waals surface area contributed by atoms with E-state index in [9.17, 15) is 0 Å². The molecular weight excluding hydrogens is 484 g/mol. The van der Waals surface area contributed by atoms with Gasteiger partial charge in [0.25, 0.3) is 0 Å². The number of nitrogens with two attached hydrogens (primary N) is 2. The number of nitrogens with one attached hydrogen (secondary N) is 1. The van der Waals surface area contributed by atoms with Crippen molar-refractivity contribution in [2.45, 2.75) is 108 Å². The van der Waals surface area contributed by atoms with Crippen molar-refractivity contribution < 1.29 is 0 Å². The lowest BCUT2D eigenvalue weighted by molar-refractivity contribution is 0.0156. The highest BCUT2D eigenvalue weighted by molar-refractivity contribution is 5.90. The van der Waals surface area contributed by atoms with E-state index >= 15 is 0 Å². The second-order valence-corrected chi connectivity index (χ2v) is 12.0. The van der Waals surface area contributed by atoms with Crippen LogP contribution in [0.15, 0.2) is 48.7 Å². The second-order valence-electron chi connectivity index (χ2n) is 12.0. The van der Waals surface area contributed by atoms with Crippen molar-refractivity contribution in [3.63, 3.8) is 0 Å². The molecule has 1 aliphatic heterocycles. The van der Waals surface area contributed by atoms with E-state index in [4.69, 9.17) is 21.5 Å². The predicted octanol–water partition coefficient (Wildman–Crippen LogP) is 5.63. The normalized spacial score (nSPS) is 25.0. The standard InChI is InChI=1S/C31H42N8/c32-30-37(24-14-6-7-15-24)29-27(22-18-19-34-26(20-22)35-23-12-4-5-13-23)28(21-10-2-1-3-11-21)36-39(29)31(33)38(30)25-16-8-9-17-25/h1-3,10-11,18-20,23-25,30-31H,4-9,12-17,32-33H2,(H,34,35). The van der Waals surface area contributed by atoms with Crippen molar-refractivity contribution in [2.24, 2.45) is 11.5 Å². The zero-order chi connectivity index (χ0) is 26.3. The van der Waals surface area contributed by atoms with Gasteiger partial charge in [0.15, 0.2) is 6.29 Å². The minimum absolute atomic E-state index is 0.268. The van der Waals surface area contributed by atoms with Gasteiger partial charge in [-0.25, -0.2) is 14.6 Å². The fourth-order valence-corrected chi connectivity index (χ4v) is 7.62. The van der Waals surface area contributed by atoms with E-state index in [1.54, 1.807) is 0 Å². The molecular formula is C31H42N8. The first-order valence-corrected chi connectivity index (χ1v) is 15.2. The topological polar surface area (TPSA) is 101 Å². The molecule has 39 heavy (non-hydrogen) atoms. The number of anilines is 2. The van der Waals surface area contributed by atoms with Crippen LogP contribution in [0.25, 0.3) is 22.4 Å². The van der Waals surface area contributed by atoms with Crippen LogP contribution in [-0.4, -0.2) is 44.1 Å². The van der Waals surface area contributed by atoms with Crippen LogP contribution < -0.4 is 21.7 Å². The van der Waals surface area contributed by atoms with Gasteiger partial charge in [0.1, 0.15) is 23.6 Å². The van der Waals surface area contributed by atoms with Gasteiger partial charge in [0, 0.05) is 29.9 Å². The molecule has 0 spiro atoms. The highest BCUT2D eigenvalue weighted by atomic mass is 15.6. The minimum atomic E-state index is -0.398. The molecule has 4 aliphatic rings. The van der Waals surface area contributed by atoms with Gasteiger partial charge >= 0.3 is 0 Å². The summed E-state index contributed by atoms with van der Waals surface area (Å²) in [5.41, 5.74) is 18.6. The fraction of sp³-hybridized carbons (Fsp3) is 0.548. The molecule has 8 heteroatoms. The Bertz CT molecular complexity index is 1270. The Labute approximate surface area is 231 Å². The van der Waals surface area contributed by atoms with Crippen LogP contribution in [0.5, 0.6) is 0 Å². The summed E-state index contributed by atoms with van der Waals surface area (Å²) in [6.07, 6.45) is 15.8. The van der Waals surface area contributed by atoms with Gasteiger partial charge in [0.2, 0.25) is 0 Å². The quantitative estimate of drug-likeness (QED) is 0.383. The van der Waals surface area contributed by atoms with E-state index in [2.05, 4.69) is 62.3 Å². The summed E-state index contributed by atoms with van der Waals surface area (Å²) >= 11 is 0. The van der Waals surface area contributed by atoms with Crippen LogP contribution in [0.4, 0.5) is 11.6 Å². The number of pyridine rings is 1. The predicted molar refractivity (Wildman–Crippen MR) is 157 cm³/mol. The summed E-state index contributed by atoms with van der Waals surface area (Å²) in [6, 6.07) is 16.1. The SMILES string of the molecule is NC1N(C2CCCC2)c2c(-c3ccnc(NC4CCCC4)c3)c(-c3ccccc3)nn2C(N)N1C1CCCC1. The summed E-state index contributed by atoms with van der Waals surface area (Å²) in [4.78, 5) is 9.54. The molecule has 8 nitrogen and oxygen atoms in total. The Kier molecular flexibility index (Phi) is 6.78. The molecule has 5 N–H and O–H groups in total. The smallest absolute Gasteiger partial charge is 0.160 e. The third-order valence-corrected chi connectivity index (χ3v) is 9.54. The second kappa shape index (κ2) is 10.6. The molecule has 2 unspecified atom stereocenters. The first-order chi connectivity index (χ1) is 19.2. The number of nitrogens with zero attached hydrogens (tertiary/aromatic N) is 5. The zero-order valence-corrected chi connectivity index (χ0v) is 22.9. The fourth-order valence-electron chi connectivity index (χ4n) is 7.62. The molecule has 206 valence electrons. The Hall–Kier alpha value is -2.94. The van der Waals surface area contributed by atoms with Crippen LogP contribution in [-0.2, 0) is 0 Å². The third-order valence-electron chi connectivity index (χ3n) is 9.54. The lowest BCUT2D eigenvalue weighted by Crippen LogP contribution is -2.66. The third kappa shape index (κ3) is 4.52. The zero-order valence-electron chi connectivity index (χ0n) is 22.9. The molecule has 3 aliphatic carbocycles. The Balaban J connectivity index is 1.40. The van der Waals surface area contributed by atoms with Gasteiger partial charge in [0.05, 0.1) is 5.56 Å². The monoisotopic (exact) mass is 526 g/mol. The minimum Gasteiger partial charge on any atom is -0.367 e. The molecule has 3 aromatic rings. The van der Waals surface area contributed by atoms with Crippen molar-refractivity contribution in [3.8, 4) is 22.4 Å². The first-order valence-electron chi connectivity index (χ1n) is 15.2. The number of rotatable bonds is 6. The van der Waals surface area contributed by atoms with E-state index in [-0.39, 0.29) is 6.29 Å². The molecule has 3 heterocycles. The summed E-state index contributed by atoms with van der Waals surface area (Å²) in [6.45, 7) is 0. The number of aromatic nitrogens is 3. The molecule has 2 atom stereocenters. The summed E-state index contributed by atoms with van der Waals surface area (Å²) < 4.78 is 2.09. The lowest BCUT2D eigenvalue weighted by Gasteiger charge is -2.51. The van der Waals surface area contributed by atoms with Crippen molar-refractivity contribution in [2.75, 3.05) is 10.2 Å². The lowest BCUT2D eigenvalue weighted by atomic mass is 9.99. The molecule has 3 fully saturated rings. The molecule has 0 radical (unpaired) electrons. The van der Waals surface area contributed by atoms with Gasteiger partial charge in [-0.05, 0) is 56.2 Å². The Morgan fingerprint density at radius 3 is 2.13 bits per heavy atom. The van der Waals surface area contributed by atoms with E-state index < -0.39 is 6.29 Å². The first kappa shape index (κ1) is 25.1. The molecule has 0 amide bonds. The van der Waals surface area contributed by atoms with Gasteiger partial charge < -0.3 is 10.2 Å². The maximum atomic E-state index is 7.23. The van der Waals surface area contributed by atoms with Gasteiger partial charge in [-0.1, -0.05) is 68.9 Å². The van der Waals surface area contributed by atoms with E-state index in [0.717, 1.165) is 59.7 Å². The molecule has 3 saturated carbocycles. The highest BCUT2D eigenvalue weighted by Crippen LogP contribution is 2.47.